The molecular formula is C15H16FNO3. The molecule has 1 aromatic rings. The zero-order valence-electron chi connectivity index (χ0n) is 11.2. The van der Waals surface area contributed by atoms with Crippen molar-refractivity contribution in [1.82, 2.24) is 4.90 Å². The van der Waals surface area contributed by atoms with Crippen molar-refractivity contribution in [3.8, 4) is 0 Å². The number of carbonyl (C=O) groups is 2. The van der Waals surface area contributed by atoms with E-state index in [0.29, 0.717) is 24.6 Å². The lowest BCUT2D eigenvalue weighted by molar-refractivity contribution is -0.131. The van der Waals surface area contributed by atoms with E-state index < -0.39 is 11.8 Å². The number of hydrogen-bond donors (Lipinski definition) is 1. The average Bonchev–Trinajstić information content (AvgIpc) is 2.83. The SMILES string of the molecule is CC1CCN(C(=O)c2ccc(C=CC(=O)O)c(F)c2)C1. The molecule has 4 nitrogen and oxygen atoms in total. The molecule has 2 rings (SSSR count). The number of amides is 1. The van der Waals surface area contributed by atoms with Gasteiger partial charge < -0.3 is 10.0 Å². The van der Waals surface area contributed by atoms with E-state index in [1.54, 1.807) is 4.90 Å². The normalized spacial score (nSPS) is 18.7. The summed E-state index contributed by atoms with van der Waals surface area (Å²) >= 11 is 0. The van der Waals surface area contributed by atoms with Crippen LogP contribution >= 0.6 is 0 Å². The van der Waals surface area contributed by atoms with Gasteiger partial charge >= 0.3 is 5.97 Å². The molecule has 1 amide bonds. The summed E-state index contributed by atoms with van der Waals surface area (Å²) in [5.41, 5.74) is 0.447. The summed E-state index contributed by atoms with van der Waals surface area (Å²) in [5.74, 6) is -1.44. The summed E-state index contributed by atoms with van der Waals surface area (Å²) in [6, 6.07) is 4.10. The van der Waals surface area contributed by atoms with Crippen molar-refractivity contribution in [1.29, 1.82) is 0 Å². The molecule has 1 aliphatic rings. The minimum Gasteiger partial charge on any atom is -0.478 e. The first-order valence-electron chi connectivity index (χ1n) is 6.47. The van der Waals surface area contributed by atoms with Crippen LogP contribution in [0.15, 0.2) is 24.3 Å². The van der Waals surface area contributed by atoms with Gasteiger partial charge in [0.15, 0.2) is 0 Å². The maximum Gasteiger partial charge on any atom is 0.328 e. The van der Waals surface area contributed by atoms with Crippen LogP contribution in [0.5, 0.6) is 0 Å². The van der Waals surface area contributed by atoms with E-state index in [-0.39, 0.29) is 11.5 Å². The number of halogens is 1. The summed E-state index contributed by atoms with van der Waals surface area (Å²) in [6.07, 6.45) is 3.00. The average molecular weight is 277 g/mol. The Morgan fingerprint density at radius 1 is 1.45 bits per heavy atom. The molecule has 1 N–H and O–H groups in total. The van der Waals surface area contributed by atoms with Crippen LogP contribution in [-0.4, -0.2) is 35.0 Å². The van der Waals surface area contributed by atoms with Gasteiger partial charge in [0.05, 0.1) is 0 Å². The number of carbonyl (C=O) groups excluding carboxylic acids is 1. The molecule has 106 valence electrons. The first-order chi connectivity index (χ1) is 9.47. The number of benzene rings is 1. The molecule has 1 unspecified atom stereocenters. The van der Waals surface area contributed by atoms with Gasteiger partial charge in [-0.25, -0.2) is 9.18 Å². The zero-order valence-corrected chi connectivity index (χ0v) is 11.2. The third-order valence-electron chi connectivity index (χ3n) is 3.36. The minimum atomic E-state index is -1.14. The van der Waals surface area contributed by atoms with E-state index in [1.807, 2.05) is 0 Å². The molecule has 1 fully saturated rings. The monoisotopic (exact) mass is 277 g/mol. The quantitative estimate of drug-likeness (QED) is 0.863. The molecule has 0 spiro atoms. The molecule has 0 aliphatic carbocycles. The maximum atomic E-state index is 13.8. The van der Waals surface area contributed by atoms with Crippen molar-refractivity contribution in [2.24, 2.45) is 5.92 Å². The number of likely N-dealkylation sites (tertiary alicyclic amines) is 1. The van der Waals surface area contributed by atoms with Gasteiger partial charge in [0.1, 0.15) is 5.82 Å². The van der Waals surface area contributed by atoms with Crippen LogP contribution in [0.1, 0.15) is 29.3 Å². The van der Waals surface area contributed by atoms with Crippen molar-refractivity contribution in [2.45, 2.75) is 13.3 Å². The third kappa shape index (κ3) is 3.23. The highest BCUT2D eigenvalue weighted by molar-refractivity contribution is 5.94. The molecule has 5 heteroatoms. The van der Waals surface area contributed by atoms with Crippen LogP contribution in [0.3, 0.4) is 0 Å². The standard InChI is InChI=1S/C15H16FNO3/c1-10-6-7-17(9-10)15(20)12-3-2-11(13(16)8-12)4-5-14(18)19/h2-5,8,10H,6-7,9H2,1H3,(H,18,19). The number of hydrogen-bond acceptors (Lipinski definition) is 2. The number of carboxylic acids is 1. The largest absolute Gasteiger partial charge is 0.478 e. The molecule has 1 aliphatic heterocycles. The van der Waals surface area contributed by atoms with Crippen LogP contribution < -0.4 is 0 Å². The van der Waals surface area contributed by atoms with E-state index in [1.165, 1.54) is 18.2 Å². The van der Waals surface area contributed by atoms with Crippen LogP contribution in [0.2, 0.25) is 0 Å². The van der Waals surface area contributed by atoms with Crippen molar-refractivity contribution < 1.29 is 19.1 Å². The first kappa shape index (κ1) is 14.2. The molecule has 1 atom stereocenters. The Kier molecular flexibility index (Phi) is 4.17. The van der Waals surface area contributed by atoms with Crippen molar-refractivity contribution in [2.75, 3.05) is 13.1 Å². The lowest BCUT2D eigenvalue weighted by Crippen LogP contribution is -2.28. The van der Waals surface area contributed by atoms with E-state index in [9.17, 15) is 14.0 Å². The Labute approximate surface area is 116 Å². The Morgan fingerprint density at radius 3 is 2.75 bits per heavy atom. The predicted molar refractivity (Wildman–Crippen MR) is 72.8 cm³/mol. The number of aliphatic carboxylic acids is 1. The lowest BCUT2D eigenvalue weighted by Gasteiger charge is -2.16. The van der Waals surface area contributed by atoms with E-state index >= 15 is 0 Å². The van der Waals surface area contributed by atoms with Gasteiger partial charge in [-0.3, -0.25) is 4.79 Å². The molecule has 1 saturated heterocycles. The predicted octanol–water partition coefficient (Wildman–Crippen LogP) is 2.41. The van der Waals surface area contributed by atoms with E-state index in [0.717, 1.165) is 18.6 Å². The smallest absolute Gasteiger partial charge is 0.328 e. The molecule has 1 heterocycles. The van der Waals surface area contributed by atoms with Crippen molar-refractivity contribution >= 4 is 18.0 Å². The molecule has 0 saturated carbocycles. The van der Waals surface area contributed by atoms with Crippen LogP contribution in [0.4, 0.5) is 4.39 Å². The van der Waals surface area contributed by atoms with Crippen LogP contribution in [-0.2, 0) is 4.79 Å². The van der Waals surface area contributed by atoms with Gasteiger partial charge in [0.25, 0.3) is 5.91 Å². The zero-order chi connectivity index (χ0) is 14.7. The number of rotatable bonds is 3. The summed E-state index contributed by atoms with van der Waals surface area (Å²) in [7, 11) is 0. The summed E-state index contributed by atoms with van der Waals surface area (Å²) in [5, 5.41) is 8.51. The van der Waals surface area contributed by atoms with Gasteiger partial charge in [-0.1, -0.05) is 13.0 Å². The van der Waals surface area contributed by atoms with Gasteiger partial charge in [-0.15, -0.1) is 0 Å². The highest BCUT2D eigenvalue weighted by Gasteiger charge is 2.24. The van der Waals surface area contributed by atoms with Gasteiger partial charge in [0.2, 0.25) is 0 Å². The summed E-state index contributed by atoms with van der Waals surface area (Å²) in [4.78, 5) is 24.3. The topological polar surface area (TPSA) is 57.6 Å². The third-order valence-corrected chi connectivity index (χ3v) is 3.36. The van der Waals surface area contributed by atoms with Crippen LogP contribution in [0.25, 0.3) is 6.08 Å². The molecule has 20 heavy (non-hydrogen) atoms. The van der Waals surface area contributed by atoms with E-state index in [4.69, 9.17) is 5.11 Å². The van der Waals surface area contributed by atoms with Gasteiger partial charge in [-0.05, 0) is 30.5 Å². The number of carboxylic acid groups (broad SMARTS) is 1. The van der Waals surface area contributed by atoms with Crippen molar-refractivity contribution in [3.63, 3.8) is 0 Å². The molecule has 1 aromatic carbocycles. The molecule has 0 radical (unpaired) electrons. The first-order valence-corrected chi connectivity index (χ1v) is 6.47. The minimum absolute atomic E-state index is 0.152. The Morgan fingerprint density at radius 2 is 2.20 bits per heavy atom. The van der Waals surface area contributed by atoms with Crippen molar-refractivity contribution in [3.05, 3.63) is 41.2 Å². The fourth-order valence-electron chi connectivity index (χ4n) is 2.26. The summed E-state index contributed by atoms with van der Waals surface area (Å²) in [6.45, 7) is 3.47. The summed E-state index contributed by atoms with van der Waals surface area (Å²) < 4.78 is 13.8. The Balaban J connectivity index is 2.16. The molecule has 0 bridgehead atoms. The Bertz CT molecular complexity index is 568. The second-order valence-electron chi connectivity index (χ2n) is 5.05. The van der Waals surface area contributed by atoms with Gasteiger partial charge in [0, 0.05) is 30.3 Å². The lowest BCUT2D eigenvalue weighted by atomic mass is 10.1. The van der Waals surface area contributed by atoms with Gasteiger partial charge in [-0.2, -0.15) is 0 Å². The van der Waals surface area contributed by atoms with Crippen LogP contribution in [0, 0.1) is 11.7 Å². The van der Waals surface area contributed by atoms with E-state index in [2.05, 4.69) is 6.92 Å². The fraction of sp³-hybridized carbons (Fsp3) is 0.333. The number of nitrogens with zero attached hydrogens (tertiary/aromatic N) is 1. The maximum absolute atomic E-state index is 13.8. The Hall–Kier alpha value is -2.17. The fourth-order valence-corrected chi connectivity index (χ4v) is 2.26. The highest BCUT2D eigenvalue weighted by Crippen LogP contribution is 2.19. The molecular weight excluding hydrogens is 261 g/mol. The second-order valence-corrected chi connectivity index (χ2v) is 5.05. The second kappa shape index (κ2) is 5.86. The molecule has 0 aromatic heterocycles. The highest BCUT2D eigenvalue weighted by atomic mass is 19.1.